The van der Waals surface area contributed by atoms with Gasteiger partial charge in [0.15, 0.2) is 0 Å². The minimum Gasteiger partial charge on any atom is -0.315 e. The molecule has 2 aromatic rings. The first kappa shape index (κ1) is 13.8. The van der Waals surface area contributed by atoms with E-state index in [1.807, 2.05) is 0 Å². The van der Waals surface area contributed by atoms with Crippen molar-refractivity contribution in [3.05, 3.63) is 69.4 Å². The van der Waals surface area contributed by atoms with E-state index in [2.05, 4.69) is 52.4 Å². The molecule has 0 saturated carbocycles. The maximum absolute atomic E-state index is 13.5. The zero-order chi connectivity index (χ0) is 14.2. The van der Waals surface area contributed by atoms with Gasteiger partial charge in [-0.15, -0.1) is 0 Å². The lowest BCUT2D eigenvalue weighted by Crippen LogP contribution is -2.58. The standard InChI is InChI=1S/C17H17BrFN/c1-12-3-2-4-14(7-12)17(10-20-11-17)9-13-8-15(19)5-6-16(13)18/h2-8,20H,9-11H2,1H3. The molecule has 0 atom stereocenters. The Bertz CT molecular complexity index is 635. The molecule has 2 aromatic carbocycles. The third-order valence-electron chi connectivity index (χ3n) is 4.09. The quantitative estimate of drug-likeness (QED) is 0.895. The van der Waals surface area contributed by atoms with Gasteiger partial charge in [-0.3, -0.25) is 0 Å². The summed E-state index contributed by atoms with van der Waals surface area (Å²) in [5.74, 6) is -0.171. The summed E-state index contributed by atoms with van der Waals surface area (Å²) >= 11 is 3.54. The highest BCUT2D eigenvalue weighted by Crippen LogP contribution is 2.35. The van der Waals surface area contributed by atoms with Crippen LogP contribution in [0.15, 0.2) is 46.9 Å². The Balaban J connectivity index is 1.96. The van der Waals surface area contributed by atoms with Crippen LogP contribution < -0.4 is 5.32 Å². The Morgan fingerprint density at radius 3 is 2.65 bits per heavy atom. The largest absolute Gasteiger partial charge is 0.315 e. The van der Waals surface area contributed by atoms with Crippen LogP contribution >= 0.6 is 15.9 Å². The lowest BCUT2D eigenvalue weighted by molar-refractivity contribution is 0.274. The molecule has 0 aromatic heterocycles. The normalized spacial score (nSPS) is 16.8. The fourth-order valence-corrected chi connectivity index (χ4v) is 3.26. The second-order valence-electron chi connectivity index (χ2n) is 5.67. The first-order valence-corrected chi connectivity index (χ1v) is 7.60. The van der Waals surface area contributed by atoms with Crippen LogP contribution in [0.2, 0.25) is 0 Å². The number of benzene rings is 2. The van der Waals surface area contributed by atoms with Crippen molar-refractivity contribution in [3.8, 4) is 0 Å². The Kier molecular flexibility index (Phi) is 3.65. The van der Waals surface area contributed by atoms with E-state index in [4.69, 9.17) is 0 Å². The van der Waals surface area contributed by atoms with Crippen molar-refractivity contribution in [1.29, 1.82) is 0 Å². The fraction of sp³-hybridized carbons (Fsp3) is 0.294. The molecular weight excluding hydrogens is 317 g/mol. The second kappa shape index (κ2) is 5.30. The molecule has 1 fully saturated rings. The van der Waals surface area contributed by atoms with Gasteiger partial charge in [-0.05, 0) is 42.7 Å². The van der Waals surface area contributed by atoms with E-state index in [1.54, 1.807) is 12.1 Å². The van der Waals surface area contributed by atoms with Crippen molar-refractivity contribution in [2.24, 2.45) is 0 Å². The predicted octanol–water partition coefficient (Wildman–Crippen LogP) is 3.98. The number of rotatable bonds is 3. The molecule has 0 spiro atoms. The van der Waals surface area contributed by atoms with E-state index in [9.17, 15) is 4.39 Å². The zero-order valence-electron chi connectivity index (χ0n) is 11.4. The number of hydrogen-bond acceptors (Lipinski definition) is 1. The van der Waals surface area contributed by atoms with E-state index in [-0.39, 0.29) is 11.2 Å². The number of nitrogens with one attached hydrogen (secondary N) is 1. The van der Waals surface area contributed by atoms with Gasteiger partial charge in [0, 0.05) is 23.0 Å². The minimum absolute atomic E-state index is 0.0856. The van der Waals surface area contributed by atoms with Gasteiger partial charge in [0.2, 0.25) is 0 Å². The molecule has 1 heterocycles. The van der Waals surface area contributed by atoms with Crippen LogP contribution in [0, 0.1) is 12.7 Å². The highest BCUT2D eigenvalue weighted by molar-refractivity contribution is 9.10. The van der Waals surface area contributed by atoms with Crippen LogP contribution in [0.5, 0.6) is 0 Å². The zero-order valence-corrected chi connectivity index (χ0v) is 13.0. The third-order valence-corrected chi connectivity index (χ3v) is 4.87. The Morgan fingerprint density at radius 1 is 1.20 bits per heavy atom. The molecule has 3 heteroatoms. The van der Waals surface area contributed by atoms with Gasteiger partial charge < -0.3 is 5.32 Å². The predicted molar refractivity (Wildman–Crippen MR) is 83.5 cm³/mol. The summed E-state index contributed by atoms with van der Waals surface area (Å²) in [6.45, 7) is 4.00. The summed E-state index contributed by atoms with van der Waals surface area (Å²) < 4.78 is 14.5. The lowest BCUT2D eigenvalue weighted by atomic mass is 9.70. The third kappa shape index (κ3) is 2.52. The maximum Gasteiger partial charge on any atom is 0.123 e. The summed E-state index contributed by atoms with van der Waals surface area (Å²) in [5, 5.41) is 3.37. The van der Waals surface area contributed by atoms with Gasteiger partial charge in [0.1, 0.15) is 5.82 Å². The summed E-state index contributed by atoms with van der Waals surface area (Å²) in [4.78, 5) is 0. The summed E-state index contributed by atoms with van der Waals surface area (Å²) in [7, 11) is 0. The lowest BCUT2D eigenvalue weighted by Gasteiger charge is -2.44. The molecule has 1 saturated heterocycles. The number of hydrogen-bond donors (Lipinski definition) is 1. The molecule has 1 N–H and O–H groups in total. The van der Waals surface area contributed by atoms with Crippen molar-refractivity contribution >= 4 is 15.9 Å². The first-order chi connectivity index (χ1) is 9.59. The van der Waals surface area contributed by atoms with Gasteiger partial charge in [0.25, 0.3) is 0 Å². The van der Waals surface area contributed by atoms with Crippen molar-refractivity contribution in [2.45, 2.75) is 18.8 Å². The van der Waals surface area contributed by atoms with E-state index in [1.165, 1.54) is 17.2 Å². The second-order valence-corrected chi connectivity index (χ2v) is 6.52. The monoisotopic (exact) mass is 333 g/mol. The molecule has 0 radical (unpaired) electrons. The molecule has 0 amide bonds. The Morgan fingerprint density at radius 2 is 2.00 bits per heavy atom. The molecule has 20 heavy (non-hydrogen) atoms. The van der Waals surface area contributed by atoms with Gasteiger partial charge in [-0.1, -0.05) is 45.8 Å². The van der Waals surface area contributed by atoms with Crippen molar-refractivity contribution in [3.63, 3.8) is 0 Å². The van der Waals surface area contributed by atoms with Crippen molar-refractivity contribution < 1.29 is 4.39 Å². The molecule has 0 unspecified atom stereocenters. The molecule has 1 aliphatic heterocycles. The van der Waals surface area contributed by atoms with Gasteiger partial charge in [-0.2, -0.15) is 0 Å². The SMILES string of the molecule is Cc1cccc(C2(Cc3cc(F)ccc3Br)CNC2)c1. The number of halogens is 2. The average Bonchev–Trinajstić information content (AvgIpc) is 2.38. The minimum atomic E-state index is -0.171. The molecule has 104 valence electrons. The van der Waals surface area contributed by atoms with Crippen LogP contribution in [0.4, 0.5) is 4.39 Å². The smallest absolute Gasteiger partial charge is 0.123 e. The highest BCUT2D eigenvalue weighted by atomic mass is 79.9. The summed E-state index contributed by atoms with van der Waals surface area (Å²) in [6.07, 6.45) is 0.849. The topological polar surface area (TPSA) is 12.0 Å². The fourth-order valence-electron chi connectivity index (χ4n) is 2.88. The Hall–Kier alpha value is -1.19. The van der Waals surface area contributed by atoms with Gasteiger partial charge >= 0.3 is 0 Å². The van der Waals surface area contributed by atoms with E-state index >= 15 is 0 Å². The van der Waals surface area contributed by atoms with Crippen LogP contribution in [0.3, 0.4) is 0 Å². The Labute approximate surface area is 127 Å². The van der Waals surface area contributed by atoms with E-state index < -0.39 is 0 Å². The van der Waals surface area contributed by atoms with Crippen LogP contribution in [-0.4, -0.2) is 13.1 Å². The van der Waals surface area contributed by atoms with Crippen molar-refractivity contribution in [2.75, 3.05) is 13.1 Å². The molecule has 1 aliphatic rings. The maximum atomic E-state index is 13.5. The first-order valence-electron chi connectivity index (χ1n) is 6.81. The molecule has 0 aliphatic carbocycles. The summed E-state index contributed by atoms with van der Waals surface area (Å²) in [5.41, 5.74) is 3.73. The highest BCUT2D eigenvalue weighted by Gasteiger charge is 2.39. The van der Waals surface area contributed by atoms with E-state index in [0.29, 0.717) is 0 Å². The number of aryl methyl sites for hydroxylation is 1. The average molecular weight is 334 g/mol. The van der Waals surface area contributed by atoms with Crippen molar-refractivity contribution in [1.82, 2.24) is 5.32 Å². The summed E-state index contributed by atoms with van der Waals surface area (Å²) in [6, 6.07) is 13.6. The van der Waals surface area contributed by atoms with Gasteiger partial charge in [-0.25, -0.2) is 4.39 Å². The van der Waals surface area contributed by atoms with Gasteiger partial charge in [0.05, 0.1) is 0 Å². The molecule has 1 nitrogen and oxygen atoms in total. The van der Waals surface area contributed by atoms with E-state index in [0.717, 1.165) is 29.5 Å². The van der Waals surface area contributed by atoms with Crippen LogP contribution in [0.1, 0.15) is 16.7 Å². The van der Waals surface area contributed by atoms with Crippen LogP contribution in [0.25, 0.3) is 0 Å². The molecule has 0 bridgehead atoms. The molecule has 3 rings (SSSR count). The molecular formula is C17H17BrFN. The van der Waals surface area contributed by atoms with Crippen LogP contribution in [-0.2, 0) is 11.8 Å².